The van der Waals surface area contributed by atoms with Gasteiger partial charge >= 0.3 is 0 Å². The summed E-state index contributed by atoms with van der Waals surface area (Å²) in [7, 11) is 0. The number of amides is 1. The van der Waals surface area contributed by atoms with Gasteiger partial charge in [0, 0.05) is 6.54 Å². The summed E-state index contributed by atoms with van der Waals surface area (Å²) >= 11 is 0. The van der Waals surface area contributed by atoms with Gasteiger partial charge in [-0.15, -0.1) is 0 Å². The third-order valence-corrected chi connectivity index (χ3v) is 4.62. The molecule has 0 aromatic carbocycles. The molecule has 29 heavy (non-hydrogen) atoms. The molecule has 0 radical (unpaired) electrons. The van der Waals surface area contributed by atoms with Crippen molar-refractivity contribution >= 4 is 5.91 Å². The van der Waals surface area contributed by atoms with Crippen LogP contribution in [0, 0.1) is 0 Å². The molecule has 0 bridgehead atoms. The Kier molecular flexibility index (Phi) is 18.2. The number of allylic oxidation sites excluding steroid dienone is 9. The van der Waals surface area contributed by atoms with E-state index in [4.69, 9.17) is 0 Å². The molecule has 0 aromatic rings. The highest BCUT2D eigenvalue weighted by molar-refractivity contribution is 5.87. The van der Waals surface area contributed by atoms with Crippen molar-refractivity contribution in [1.29, 1.82) is 0 Å². The zero-order valence-electron chi connectivity index (χ0n) is 18.9. The lowest BCUT2D eigenvalue weighted by Gasteiger charge is -2.27. The molecule has 3 nitrogen and oxygen atoms in total. The van der Waals surface area contributed by atoms with Crippen LogP contribution >= 0.6 is 0 Å². The second-order valence-electron chi connectivity index (χ2n) is 7.54. The molecule has 1 atom stereocenters. The average molecular weight is 402 g/mol. The second-order valence-corrected chi connectivity index (χ2v) is 7.54. The summed E-state index contributed by atoms with van der Waals surface area (Å²) in [5, 5.41) is 13.5. The first kappa shape index (κ1) is 27.1. The number of hydrogen-bond donors (Lipinski definition) is 2. The molecule has 1 unspecified atom stereocenters. The summed E-state index contributed by atoms with van der Waals surface area (Å²) in [5.41, 5.74) is -0.775. The zero-order chi connectivity index (χ0) is 21.6. The largest absolute Gasteiger partial charge is 0.388 e. The third-order valence-electron chi connectivity index (χ3n) is 4.62. The lowest BCUT2D eigenvalue weighted by atomic mass is 9.91. The Hall–Kier alpha value is -1.87. The molecule has 1 amide bonds. The van der Waals surface area contributed by atoms with Gasteiger partial charge in [-0.1, -0.05) is 108 Å². The van der Waals surface area contributed by atoms with Gasteiger partial charge in [0.1, 0.15) is 0 Å². The summed E-state index contributed by atoms with van der Waals surface area (Å²) in [6.45, 7) is 6.70. The first-order chi connectivity index (χ1) is 14.1. The van der Waals surface area contributed by atoms with E-state index in [1.54, 1.807) is 6.08 Å². The van der Waals surface area contributed by atoms with Gasteiger partial charge in [0.15, 0.2) is 0 Å². The van der Waals surface area contributed by atoms with E-state index in [2.05, 4.69) is 44.3 Å². The Morgan fingerprint density at radius 2 is 1.34 bits per heavy atom. The lowest BCUT2D eigenvalue weighted by molar-refractivity contribution is -0.118. The van der Waals surface area contributed by atoms with Crippen LogP contribution in [0.25, 0.3) is 0 Å². The third kappa shape index (κ3) is 17.9. The van der Waals surface area contributed by atoms with E-state index in [0.29, 0.717) is 6.54 Å². The number of aliphatic hydroxyl groups is 1. The van der Waals surface area contributed by atoms with E-state index < -0.39 is 5.60 Å². The van der Waals surface area contributed by atoms with Crippen LogP contribution in [0.5, 0.6) is 0 Å². The quantitative estimate of drug-likeness (QED) is 0.164. The number of hydrogen-bond acceptors (Lipinski definition) is 2. The molecule has 0 aromatic heterocycles. The fourth-order valence-electron chi connectivity index (χ4n) is 2.89. The molecule has 164 valence electrons. The smallest absolute Gasteiger partial charge is 0.243 e. The van der Waals surface area contributed by atoms with Crippen molar-refractivity contribution < 1.29 is 9.90 Å². The molecular weight excluding hydrogens is 358 g/mol. The van der Waals surface area contributed by atoms with Crippen LogP contribution in [0.3, 0.4) is 0 Å². The monoisotopic (exact) mass is 401 g/mol. The van der Waals surface area contributed by atoms with E-state index in [1.807, 2.05) is 36.5 Å². The Bertz CT molecular complexity index is 543. The van der Waals surface area contributed by atoms with Crippen molar-refractivity contribution in [2.45, 2.75) is 90.6 Å². The molecule has 0 saturated carbocycles. The van der Waals surface area contributed by atoms with E-state index in [-0.39, 0.29) is 5.91 Å². The van der Waals surface area contributed by atoms with Gasteiger partial charge in [-0.2, -0.15) is 0 Å². The summed E-state index contributed by atoms with van der Waals surface area (Å²) in [5.74, 6) is -0.128. The van der Waals surface area contributed by atoms with Crippen molar-refractivity contribution in [3.05, 3.63) is 60.8 Å². The second kappa shape index (κ2) is 19.4. The summed E-state index contributed by atoms with van der Waals surface area (Å²) in [6.07, 6.45) is 29.7. The number of carbonyl (C=O) groups is 1. The molecule has 0 aliphatic heterocycles. The van der Waals surface area contributed by atoms with Crippen LogP contribution in [-0.4, -0.2) is 23.2 Å². The highest BCUT2D eigenvalue weighted by Crippen LogP contribution is 2.19. The number of rotatable bonds is 17. The molecule has 0 rings (SSSR count). The van der Waals surface area contributed by atoms with Crippen LogP contribution in [0.1, 0.15) is 85.0 Å². The minimum atomic E-state index is -0.775. The maximum atomic E-state index is 11.9. The highest BCUT2D eigenvalue weighted by Gasteiger charge is 2.25. The molecule has 0 heterocycles. The topological polar surface area (TPSA) is 49.3 Å². The molecule has 2 N–H and O–H groups in total. The molecule has 0 spiro atoms. The Balaban J connectivity index is 3.98. The number of unbranched alkanes of at least 4 members (excludes halogenated alkanes) is 4. The van der Waals surface area contributed by atoms with E-state index >= 15 is 0 Å². The molecule has 0 aliphatic rings. The van der Waals surface area contributed by atoms with E-state index in [0.717, 1.165) is 51.4 Å². The van der Waals surface area contributed by atoms with E-state index in [1.165, 1.54) is 12.8 Å². The summed E-state index contributed by atoms with van der Waals surface area (Å²) in [6, 6.07) is 0. The van der Waals surface area contributed by atoms with Crippen molar-refractivity contribution in [3.63, 3.8) is 0 Å². The predicted molar refractivity (Wildman–Crippen MR) is 127 cm³/mol. The molecule has 3 heteroatoms. The van der Waals surface area contributed by atoms with Gasteiger partial charge in [-0.25, -0.2) is 0 Å². The van der Waals surface area contributed by atoms with Crippen LogP contribution in [0.4, 0.5) is 0 Å². The van der Waals surface area contributed by atoms with E-state index in [9.17, 15) is 9.90 Å². The van der Waals surface area contributed by atoms with Crippen molar-refractivity contribution in [1.82, 2.24) is 5.32 Å². The fourth-order valence-corrected chi connectivity index (χ4v) is 2.89. The maximum absolute atomic E-state index is 11.9. The first-order valence-electron chi connectivity index (χ1n) is 11.4. The van der Waals surface area contributed by atoms with Crippen LogP contribution in [0.15, 0.2) is 60.8 Å². The van der Waals surface area contributed by atoms with Crippen molar-refractivity contribution in [2.75, 3.05) is 6.54 Å². The minimum Gasteiger partial charge on any atom is -0.388 e. The maximum Gasteiger partial charge on any atom is 0.243 e. The van der Waals surface area contributed by atoms with Gasteiger partial charge in [-0.05, 0) is 38.2 Å². The predicted octanol–water partition coefficient (Wildman–Crippen LogP) is 6.58. The number of nitrogens with one attached hydrogen (secondary N) is 1. The molecular formula is C26H43NO2. The molecule has 0 aliphatic carbocycles. The highest BCUT2D eigenvalue weighted by atomic mass is 16.3. The summed E-state index contributed by atoms with van der Waals surface area (Å²) in [4.78, 5) is 11.9. The van der Waals surface area contributed by atoms with Crippen molar-refractivity contribution in [2.24, 2.45) is 0 Å². The lowest BCUT2D eigenvalue weighted by Crippen LogP contribution is -2.42. The Labute approximate surface area is 179 Å². The fraction of sp³-hybridized carbons (Fsp3) is 0.577. The van der Waals surface area contributed by atoms with Gasteiger partial charge < -0.3 is 10.4 Å². The zero-order valence-corrected chi connectivity index (χ0v) is 18.9. The average Bonchev–Trinajstić information content (AvgIpc) is 2.71. The Morgan fingerprint density at radius 3 is 1.97 bits per heavy atom. The number of carbonyl (C=O) groups excluding carboxylic acids is 1. The van der Waals surface area contributed by atoms with Crippen LogP contribution in [-0.2, 0) is 4.79 Å². The van der Waals surface area contributed by atoms with Gasteiger partial charge in [0.05, 0.1) is 5.60 Å². The van der Waals surface area contributed by atoms with Gasteiger partial charge in [0.2, 0.25) is 5.91 Å². The van der Waals surface area contributed by atoms with Crippen molar-refractivity contribution in [3.8, 4) is 0 Å². The van der Waals surface area contributed by atoms with Crippen LogP contribution in [0.2, 0.25) is 0 Å². The molecule has 0 fully saturated rings. The summed E-state index contributed by atoms with van der Waals surface area (Å²) < 4.78 is 0. The first-order valence-corrected chi connectivity index (χ1v) is 11.4. The van der Waals surface area contributed by atoms with Gasteiger partial charge in [0.25, 0.3) is 0 Å². The normalized spacial score (nSPS) is 14.8. The standard InChI is InChI=1S/C26H43NO2/c1-4-7-9-10-11-12-13-14-15-16-17-18-19-20-21-25(28)27-24-26(29,22-6-3)23-8-5-2/h10-17,20-21,29H,4-9,18-19,22-24H2,1-3H3,(H,27,28). The van der Waals surface area contributed by atoms with Crippen LogP contribution < -0.4 is 5.32 Å². The Morgan fingerprint density at radius 1 is 0.759 bits per heavy atom. The molecule has 0 saturated heterocycles. The SMILES string of the molecule is CCCCC=CC=CC=CC=CCCC=CC(=O)NCC(O)(CCC)CCCC. The van der Waals surface area contributed by atoms with Gasteiger partial charge in [-0.3, -0.25) is 4.79 Å². The minimum absolute atomic E-state index is 0.128.